The van der Waals surface area contributed by atoms with Gasteiger partial charge in [-0.25, -0.2) is 0 Å². The molecule has 6 heterocycles. The molecule has 2 saturated heterocycles. The number of rotatable bonds is 7. The number of carbonyl (C=O) groups excluding carboxylic acids is 2. The Morgan fingerprint density at radius 2 is 1.04 bits per heavy atom. The first-order valence-corrected chi connectivity index (χ1v) is 18.1. The van der Waals surface area contributed by atoms with Gasteiger partial charge in [0.25, 0.3) is 11.1 Å². The SMILES string of the molecule is O=C1CCC(Cn2ccc3sc(-c4cccc(-c5cccc(-c6cc7c(=O)n(C[C@@H]8CCC(=O)N8)ccc7s6)c5Cl)c4Cl)cc3c2=O)N1. The van der Waals surface area contributed by atoms with Crippen LogP contribution in [0.1, 0.15) is 25.7 Å². The van der Waals surface area contributed by atoms with Gasteiger partial charge in [-0.15, -0.1) is 22.7 Å². The van der Waals surface area contributed by atoms with Crippen molar-refractivity contribution in [2.45, 2.75) is 50.9 Å². The summed E-state index contributed by atoms with van der Waals surface area (Å²) in [6.45, 7) is 0.875. The molecule has 8 rings (SSSR count). The van der Waals surface area contributed by atoms with Crippen molar-refractivity contribution in [1.82, 2.24) is 19.8 Å². The van der Waals surface area contributed by atoms with Crippen LogP contribution in [0.15, 0.2) is 82.6 Å². The van der Waals surface area contributed by atoms with Crippen molar-refractivity contribution < 1.29 is 9.59 Å². The van der Waals surface area contributed by atoms with Gasteiger partial charge in [-0.1, -0.05) is 59.6 Å². The third-order valence-electron chi connectivity index (χ3n) is 9.14. The number of thiophene rings is 2. The largest absolute Gasteiger partial charge is 0.352 e. The summed E-state index contributed by atoms with van der Waals surface area (Å²) in [6, 6.07) is 19.2. The zero-order valence-corrected chi connectivity index (χ0v) is 28.6. The van der Waals surface area contributed by atoms with Gasteiger partial charge in [0.15, 0.2) is 0 Å². The molecule has 48 heavy (non-hydrogen) atoms. The van der Waals surface area contributed by atoms with Crippen molar-refractivity contribution in [3.05, 3.63) is 104 Å². The van der Waals surface area contributed by atoms with Gasteiger partial charge in [-0.05, 0) is 37.1 Å². The quantitative estimate of drug-likeness (QED) is 0.181. The molecule has 0 aliphatic carbocycles. The number of fused-ring (bicyclic) bond motifs is 2. The van der Waals surface area contributed by atoms with E-state index < -0.39 is 0 Å². The summed E-state index contributed by atoms with van der Waals surface area (Å²) in [5, 5.41) is 8.13. The topological polar surface area (TPSA) is 102 Å². The number of nitrogens with zero attached hydrogens (tertiary/aromatic N) is 2. The molecular weight excluding hydrogens is 687 g/mol. The Bertz CT molecular complexity index is 2240. The molecule has 8 nitrogen and oxygen atoms in total. The molecular formula is C36H28Cl2N4O4S2. The maximum Gasteiger partial charge on any atom is 0.259 e. The molecule has 2 amide bonds. The maximum absolute atomic E-state index is 13.4. The van der Waals surface area contributed by atoms with Gasteiger partial charge in [-0.3, -0.25) is 19.2 Å². The fraction of sp³-hybridized carbons (Fsp3) is 0.222. The molecule has 6 aromatic rings. The van der Waals surface area contributed by atoms with Gasteiger partial charge >= 0.3 is 0 Å². The molecule has 1 unspecified atom stereocenters. The molecule has 0 spiro atoms. The third kappa shape index (κ3) is 5.56. The number of carbonyl (C=O) groups is 2. The van der Waals surface area contributed by atoms with Crippen LogP contribution in [0, 0.1) is 0 Å². The van der Waals surface area contributed by atoms with Crippen LogP contribution in [0.25, 0.3) is 52.2 Å². The number of nitrogens with one attached hydrogen (secondary N) is 2. The van der Waals surface area contributed by atoms with E-state index in [0.29, 0.717) is 46.7 Å². The van der Waals surface area contributed by atoms with Crippen molar-refractivity contribution >= 4 is 77.9 Å². The Morgan fingerprint density at radius 3 is 1.44 bits per heavy atom. The number of pyridine rings is 2. The number of amides is 2. The monoisotopic (exact) mass is 714 g/mol. The van der Waals surface area contributed by atoms with Gasteiger partial charge < -0.3 is 19.8 Å². The van der Waals surface area contributed by atoms with Crippen LogP contribution in [-0.2, 0) is 22.7 Å². The minimum absolute atomic E-state index is 0.0217. The third-order valence-corrected chi connectivity index (χ3v) is 12.2. The van der Waals surface area contributed by atoms with Gasteiger partial charge in [0.1, 0.15) is 0 Å². The second-order valence-corrected chi connectivity index (χ2v) is 15.2. The lowest BCUT2D eigenvalue weighted by Gasteiger charge is -2.12. The normalized spacial score (nSPS) is 17.8. The van der Waals surface area contributed by atoms with Gasteiger partial charge in [0.05, 0.1) is 20.8 Å². The van der Waals surface area contributed by atoms with Crippen molar-refractivity contribution in [1.29, 1.82) is 0 Å². The summed E-state index contributed by atoms with van der Waals surface area (Å²) in [4.78, 5) is 51.8. The van der Waals surface area contributed by atoms with E-state index in [9.17, 15) is 19.2 Å². The second-order valence-electron chi connectivity index (χ2n) is 12.3. The number of hydrogen-bond donors (Lipinski definition) is 2. The Hall–Kier alpha value is -4.22. The number of aromatic nitrogens is 2. The molecule has 242 valence electrons. The molecule has 2 atom stereocenters. The summed E-state index contributed by atoms with van der Waals surface area (Å²) in [6.07, 6.45) is 5.99. The molecule has 2 aliphatic rings. The number of halogens is 2. The van der Waals surface area contributed by atoms with E-state index in [1.54, 1.807) is 21.5 Å². The minimum Gasteiger partial charge on any atom is -0.352 e. The lowest BCUT2D eigenvalue weighted by atomic mass is 9.99. The molecule has 2 fully saturated rings. The predicted molar refractivity (Wildman–Crippen MR) is 194 cm³/mol. The van der Waals surface area contributed by atoms with E-state index >= 15 is 0 Å². The average Bonchev–Trinajstić information content (AvgIpc) is 3.88. The van der Waals surface area contributed by atoms with Crippen LogP contribution < -0.4 is 21.8 Å². The zero-order valence-electron chi connectivity index (χ0n) is 25.4. The lowest BCUT2D eigenvalue weighted by Crippen LogP contribution is -2.33. The van der Waals surface area contributed by atoms with Crippen molar-refractivity contribution in [2.75, 3.05) is 0 Å². The number of hydrogen-bond acceptors (Lipinski definition) is 6. The first-order chi connectivity index (χ1) is 23.2. The molecule has 2 aliphatic heterocycles. The van der Waals surface area contributed by atoms with Crippen molar-refractivity contribution in [3.63, 3.8) is 0 Å². The van der Waals surface area contributed by atoms with E-state index in [-0.39, 0.29) is 35.0 Å². The fourth-order valence-corrected chi connectivity index (χ4v) is 9.60. The fourth-order valence-electron chi connectivity index (χ4n) is 6.67. The summed E-state index contributed by atoms with van der Waals surface area (Å²) < 4.78 is 5.05. The van der Waals surface area contributed by atoms with Crippen LogP contribution >= 0.6 is 45.9 Å². The van der Waals surface area contributed by atoms with E-state index in [1.807, 2.05) is 60.7 Å². The Balaban J connectivity index is 1.12. The van der Waals surface area contributed by atoms with Gasteiger partial charge in [0, 0.05) is 91.8 Å². The summed E-state index contributed by atoms with van der Waals surface area (Å²) in [5.74, 6) is 0.0434. The van der Waals surface area contributed by atoms with E-state index in [0.717, 1.165) is 54.2 Å². The highest BCUT2D eigenvalue weighted by Gasteiger charge is 2.24. The molecule has 4 aromatic heterocycles. The lowest BCUT2D eigenvalue weighted by molar-refractivity contribution is -0.120. The van der Waals surface area contributed by atoms with Crippen LogP contribution in [-0.4, -0.2) is 33.0 Å². The Kier molecular flexibility index (Phi) is 7.99. The smallest absolute Gasteiger partial charge is 0.259 e. The second kappa shape index (κ2) is 12.3. The molecule has 0 bridgehead atoms. The number of benzene rings is 2. The van der Waals surface area contributed by atoms with Crippen LogP contribution in [0.2, 0.25) is 10.0 Å². The Labute approximate surface area is 292 Å². The molecule has 12 heteroatoms. The molecule has 0 radical (unpaired) electrons. The average molecular weight is 716 g/mol. The standard InChI is InChI=1S/C36H28Cl2N4O4S2/c37-33-21(3-1-5-23(33)29-15-25-27(47-29)11-13-41(35(25)45)17-19-7-9-31(43)39-19)22-4-2-6-24(34(22)38)30-16-26-28(48-30)12-14-42(36(26)46)18-20-8-10-32(44)40-20/h1-6,11-16,19-20H,7-10,17-18H2,(H,39,43)(H,40,44)/t19-,20?/m0/s1. The van der Waals surface area contributed by atoms with Crippen molar-refractivity contribution in [2.24, 2.45) is 0 Å². The van der Waals surface area contributed by atoms with Crippen LogP contribution in [0.4, 0.5) is 0 Å². The highest BCUT2D eigenvalue weighted by atomic mass is 35.5. The summed E-state index contributed by atoms with van der Waals surface area (Å²) in [7, 11) is 0. The minimum atomic E-state index is -0.0976. The highest BCUT2D eigenvalue weighted by Crippen LogP contribution is 2.45. The zero-order chi connectivity index (χ0) is 33.1. The first kappa shape index (κ1) is 31.1. The predicted octanol–water partition coefficient (Wildman–Crippen LogP) is 7.30. The van der Waals surface area contributed by atoms with Crippen LogP contribution in [0.5, 0.6) is 0 Å². The Morgan fingerprint density at radius 1 is 0.625 bits per heavy atom. The van der Waals surface area contributed by atoms with E-state index in [4.69, 9.17) is 23.2 Å². The van der Waals surface area contributed by atoms with Gasteiger partial charge in [-0.2, -0.15) is 0 Å². The first-order valence-electron chi connectivity index (χ1n) is 15.7. The summed E-state index contributed by atoms with van der Waals surface area (Å²) >= 11 is 17.2. The maximum atomic E-state index is 13.4. The van der Waals surface area contributed by atoms with Gasteiger partial charge in [0.2, 0.25) is 11.8 Å². The molecule has 2 aromatic carbocycles. The molecule has 2 N–H and O–H groups in total. The van der Waals surface area contributed by atoms with Crippen LogP contribution in [0.3, 0.4) is 0 Å². The highest BCUT2D eigenvalue weighted by molar-refractivity contribution is 7.22. The van der Waals surface area contributed by atoms with E-state index in [2.05, 4.69) is 10.6 Å². The van der Waals surface area contributed by atoms with E-state index in [1.165, 1.54) is 22.7 Å². The molecule has 0 saturated carbocycles. The van der Waals surface area contributed by atoms with Crippen molar-refractivity contribution in [3.8, 4) is 32.0 Å². The summed E-state index contributed by atoms with van der Waals surface area (Å²) in [5.41, 5.74) is 2.92.